The summed E-state index contributed by atoms with van der Waals surface area (Å²) < 4.78 is 0. The first-order chi connectivity index (χ1) is 10.4. The number of halogens is 2. The van der Waals surface area contributed by atoms with Crippen molar-refractivity contribution in [1.29, 1.82) is 0 Å². The molecule has 0 aliphatic rings. The molecule has 0 saturated carbocycles. The van der Waals surface area contributed by atoms with Gasteiger partial charge in [0, 0.05) is 13.0 Å². The van der Waals surface area contributed by atoms with Gasteiger partial charge in [0.15, 0.2) is 10.9 Å². The summed E-state index contributed by atoms with van der Waals surface area (Å²) in [7, 11) is 0. The van der Waals surface area contributed by atoms with Gasteiger partial charge in [-0.15, -0.1) is 0 Å². The highest BCUT2D eigenvalue weighted by molar-refractivity contribution is 7.17. The zero-order chi connectivity index (χ0) is 16.3. The molecule has 2 aromatic rings. The van der Waals surface area contributed by atoms with E-state index in [0.717, 1.165) is 16.9 Å². The van der Waals surface area contributed by atoms with Crippen LogP contribution in [-0.4, -0.2) is 16.7 Å². The summed E-state index contributed by atoms with van der Waals surface area (Å²) >= 11 is 12.9. The van der Waals surface area contributed by atoms with Gasteiger partial charge in [-0.2, -0.15) is 0 Å². The Morgan fingerprint density at radius 1 is 1.27 bits per heavy atom. The van der Waals surface area contributed by atoms with Crippen molar-refractivity contribution in [3.8, 4) is 0 Å². The number of aromatic nitrogens is 1. The number of ketones is 1. The second-order valence-corrected chi connectivity index (χ2v) is 6.30. The maximum absolute atomic E-state index is 11.9. The molecular formula is C15H12Cl2N2O2S. The fourth-order valence-electron chi connectivity index (χ4n) is 1.71. The van der Waals surface area contributed by atoms with Crippen LogP contribution < -0.4 is 5.32 Å². The van der Waals surface area contributed by atoms with Gasteiger partial charge in [0.25, 0.3) is 0 Å². The summed E-state index contributed by atoms with van der Waals surface area (Å²) in [5.74, 6) is -0.406. The summed E-state index contributed by atoms with van der Waals surface area (Å²) in [6.07, 6.45) is 2.98. The average molecular weight is 355 g/mol. The van der Waals surface area contributed by atoms with Crippen LogP contribution in [0.2, 0.25) is 10.0 Å². The monoisotopic (exact) mass is 354 g/mol. The molecule has 0 unspecified atom stereocenters. The number of nitrogens with one attached hydrogen (secondary N) is 1. The Kier molecular flexibility index (Phi) is 5.34. The lowest BCUT2D eigenvalue weighted by molar-refractivity contribution is -0.111. The maximum atomic E-state index is 11.9. The molecule has 0 radical (unpaired) electrons. The average Bonchev–Trinajstić information content (AvgIpc) is 2.81. The highest BCUT2D eigenvalue weighted by atomic mass is 35.5. The number of Topliss-reactive ketones (excluding diaryl/α,β-unsaturated/α-hetero) is 1. The van der Waals surface area contributed by atoms with Crippen LogP contribution in [0.25, 0.3) is 6.08 Å². The van der Waals surface area contributed by atoms with Crippen molar-refractivity contribution in [3.63, 3.8) is 0 Å². The predicted molar refractivity (Wildman–Crippen MR) is 91.0 cm³/mol. The lowest BCUT2D eigenvalue weighted by Gasteiger charge is -1.98. The standard InChI is InChI=1S/C15H12Cl2N2O2S/c1-8-14(9(2)20)22-15(18-8)19-13(21)6-4-10-3-5-11(16)12(17)7-10/h3-7H,1-2H3,(H,18,19,21)/b6-4+. The van der Waals surface area contributed by atoms with E-state index in [1.165, 1.54) is 13.0 Å². The van der Waals surface area contributed by atoms with Crippen LogP contribution in [0.4, 0.5) is 5.13 Å². The van der Waals surface area contributed by atoms with E-state index < -0.39 is 0 Å². The summed E-state index contributed by atoms with van der Waals surface area (Å²) in [4.78, 5) is 27.9. The lowest BCUT2D eigenvalue weighted by Crippen LogP contribution is -2.07. The van der Waals surface area contributed by atoms with Crippen LogP contribution in [0.1, 0.15) is 27.9 Å². The van der Waals surface area contributed by atoms with E-state index in [4.69, 9.17) is 23.2 Å². The van der Waals surface area contributed by atoms with Gasteiger partial charge in [-0.1, -0.05) is 40.6 Å². The van der Waals surface area contributed by atoms with Gasteiger partial charge in [0.1, 0.15) is 0 Å². The third-order valence-electron chi connectivity index (χ3n) is 2.72. The number of amides is 1. The molecule has 0 aliphatic heterocycles. The van der Waals surface area contributed by atoms with Gasteiger partial charge in [0.05, 0.1) is 20.6 Å². The molecule has 0 spiro atoms. The molecule has 1 amide bonds. The Balaban J connectivity index is 2.06. The molecule has 0 aliphatic carbocycles. The van der Waals surface area contributed by atoms with Crippen molar-refractivity contribution in [1.82, 2.24) is 4.98 Å². The molecule has 0 fully saturated rings. The second kappa shape index (κ2) is 7.05. The van der Waals surface area contributed by atoms with Gasteiger partial charge in [0.2, 0.25) is 5.91 Å². The van der Waals surface area contributed by atoms with Crippen LogP contribution in [-0.2, 0) is 4.79 Å². The van der Waals surface area contributed by atoms with Crippen molar-refractivity contribution >= 4 is 57.4 Å². The first kappa shape index (κ1) is 16.7. The number of rotatable bonds is 4. The zero-order valence-corrected chi connectivity index (χ0v) is 14.1. The summed E-state index contributed by atoms with van der Waals surface area (Å²) in [5, 5.41) is 3.90. The number of benzene rings is 1. The van der Waals surface area contributed by atoms with Crippen molar-refractivity contribution in [2.24, 2.45) is 0 Å². The van der Waals surface area contributed by atoms with Crippen LogP contribution in [0.5, 0.6) is 0 Å². The first-order valence-electron chi connectivity index (χ1n) is 6.29. The van der Waals surface area contributed by atoms with Gasteiger partial charge < -0.3 is 0 Å². The number of thiazole rings is 1. The fraction of sp³-hybridized carbons (Fsp3) is 0.133. The lowest BCUT2D eigenvalue weighted by atomic mass is 10.2. The van der Waals surface area contributed by atoms with Crippen LogP contribution in [0.3, 0.4) is 0 Å². The van der Waals surface area contributed by atoms with Crippen molar-refractivity contribution < 1.29 is 9.59 Å². The number of carbonyl (C=O) groups is 2. The molecule has 1 heterocycles. The predicted octanol–water partition coefficient (Wildman–Crippen LogP) is 4.61. The SMILES string of the molecule is CC(=O)c1sc(NC(=O)/C=C/c2ccc(Cl)c(Cl)c2)nc1C. The number of hydrogen-bond donors (Lipinski definition) is 1. The van der Waals surface area contributed by atoms with E-state index in [-0.39, 0.29) is 11.7 Å². The van der Waals surface area contributed by atoms with Gasteiger partial charge in [-0.05, 0) is 30.7 Å². The minimum atomic E-state index is -0.338. The largest absolute Gasteiger partial charge is 0.298 e. The summed E-state index contributed by atoms with van der Waals surface area (Å²) in [5.41, 5.74) is 1.37. The third kappa shape index (κ3) is 4.16. The van der Waals surface area contributed by atoms with E-state index in [2.05, 4.69) is 10.3 Å². The fourth-order valence-corrected chi connectivity index (χ4v) is 2.88. The maximum Gasteiger partial charge on any atom is 0.250 e. The number of nitrogens with zero attached hydrogens (tertiary/aromatic N) is 1. The molecule has 0 atom stereocenters. The van der Waals surface area contributed by atoms with E-state index in [9.17, 15) is 9.59 Å². The number of hydrogen-bond acceptors (Lipinski definition) is 4. The van der Waals surface area contributed by atoms with Crippen LogP contribution in [0.15, 0.2) is 24.3 Å². The minimum absolute atomic E-state index is 0.0677. The van der Waals surface area contributed by atoms with Gasteiger partial charge >= 0.3 is 0 Å². The molecule has 1 aromatic heterocycles. The number of aryl methyl sites for hydroxylation is 1. The van der Waals surface area contributed by atoms with Crippen molar-refractivity contribution in [2.45, 2.75) is 13.8 Å². The Bertz CT molecular complexity index is 769. The molecule has 0 saturated heterocycles. The van der Waals surface area contributed by atoms with Crippen LogP contribution >= 0.6 is 34.5 Å². The Morgan fingerprint density at radius 3 is 2.59 bits per heavy atom. The van der Waals surface area contributed by atoms with E-state index >= 15 is 0 Å². The van der Waals surface area contributed by atoms with Crippen LogP contribution in [0, 0.1) is 6.92 Å². The normalized spacial score (nSPS) is 10.9. The second-order valence-electron chi connectivity index (χ2n) is 4.49. The molecule has 0 bridgehead atoms. The van der Waals surface area contributed by atoms with E-state index in [1.54, 1.807) is 31.2 Å². The zero-order valence-electron chi connectivity index (χ0n) is 11.8. The third-order valence-corrected chi connectivity index (χ3v) is 4.63. The molecule has 1 aromatic carbocycles. The Hall–Kier alpha value is -1.69. The van der Waals surface area contributed by atoms with E-state index in [0.29, 0.717) is 25.7 Å². The smallest absolute Gasteiger partial charge is 0.250 e. The molecule has 7 heteroatoms. The quantitative estimate of drug-likeness (QED) is 0.643. The number of anilines is 1. The van der Waals surface area contributed by atoms with Crippen molar-refractivity contribution in [2.75, 3.05) is 5.32 Å². The van der Waals surface area contributed by atoms with Gasteiger partial charge in [-0.25, -0.2) is 4.98 Å². The topological polar surface area (TPSA) is 59.1 Å². The first-order valence-corrected chi connectivity index (χ1v) is 7.86. The highest BCUT2D eigenvalue weighted by Gasteiger charge is 2.12. The van der Waals surface area contributed by atoms with Crippen molar-refractivity contribution in [3.05, 3.63) is 50.5 Å². The molecule has 114 valence electrons. The Morgan fingerprint density at radius 2 is 2.00 bits per heavy atom. The van der Waals surface area contributed by atoms with Gasteiger partial charge in [-0.3, -0.25) is 14.9 Å². The molecule has 1 N–H and O–H groups in total. The molecule has 2 rings (SSSR count). The summed E-state index contributed by atoms with van der Waals surface area (Å²) in [6.45, 7) is 3.20. The summed E-state index contributed by atoms with van der Waals surface area (Å²) in [6, 6.07) is 5.07. The number of carbonyl (C=O) groups excluding carboxylic acids is 2. The molecule has 4 nitrogen and oxygen atoms in total. The Labute approximate surface area is 141 Å². The molecule has 22 heavy (non-hydrogen) atoms. The molecular weight excluding hydrogens is 343 g/mol. The highest BCUT2D eigenvalue weighted by Crippen LogP contribution is 2.24. The van der Waals surface area contributed by atoms with E-state index in [1.807, 2.05) is 0 Å². The minimum Gasteiger partial charge on any atom is -0.298 e.